The third-order valence-electron chi connectivity index (χ3n) is 6.30. The molecule has 7 nitrogen and oxygen atoms in total. The lowest BCUT2D eigenvalue weighted by Crippen LogP contribution is -2.37. The molecule has 1 saturated carbocycles. The first-order chi connectivity index (χ1) is 14.9. The van der Waals surface area contributed by atoms with Crippen molar-refractivity contribution in [1.29, 1.82) is 0 Å². The van der Waals surface area contributed by atoms with Crippen LogP contribution in [0, 0.1) is 10.8 Å². The van der Waals surface area contributed by atoms with Gasteiger partial charge in [-0.3, -0.25) is 14.4 Å². The second-order valence-corrected chi connectivity index (χ2v) is 7.36. The maximum absolute atomic E-state index is 13.8. The molecule has 3 rings (SSSR count). The number of carbonyl (C=O) groups is 3. The van der Waals surface area contributed by atoms with Crippen molar-refractivity contribution in [3.8, 4) is 11.5 Å². The van der Waals surface area contributed by atoms with E-state index in [1.165, 1.54) is 28.4 Å². The Hall–Kier alpha value is -3.35. The van der Waals surface area contributed by atoms with Crippen LogP contribution in [0.2, 0.25) is 0 Å². The molecule has 0 heterocycles. The van der Waals surface area contributed by atoms with Crippen molar-refractivity contribution in [2.45, 2.75) is 19.3 Å². The van der Waals surface area contributed by atoms with Gasteiger partial charge in [0, 0.05) is 11.5 Å². The quantitative estimate of drug-likeness (QED) is 0.363. The van der Waals surface area contributed by atoms with Crippen molar-refractivity contribution >= 4 is 17.7 Å². The van der Waals surface area contributed by atoms with Gasteiger partial charge in [0.15, 0.2) is 22.7 Å². The molecule has 7 heteroatoms. The number of hydrogen-bond donors (Lipinski definition) is 0. The summed E-state index contributed by atoms with van der Waals surface area (Å²) in [5, 5.41) is 0. The van der Waals surface area contributed by atoms with E-state index < -0.39 is 28.7 Å². The van der Waals surface area contributed by atoms with Crippen LogP contribution in [-0.4, -0.2) is 46.2 Å². The molecule has 1 aliphatic rings. The minimum Gasteiger partial charge on any atom is -0.493 e. The summed E-state index contributed by atoms with van der Waals surface area (Å²) in [7, 11) is 5.40. The Bertz CT molecular complexity index is 982. The maximum atomic E-state index is 13.8. The van der Waals surface area contributed by atoms with Crippen LogP contribution in [0.1, 0.15) is 35.2 Å². The summed E-state index contributed by atoms with van der Waals surface area (Å²) in [4.78, 5) is 40.1. The zero-order chi connectivity index (χ0) is 22.8. The third-order valence-corrected chi connectivity index (χ3v) is 6.30. The molecule has 1 fully saturated rings. The number of esters is 2. The molecule has 0 radical (unpaired) electrons. The molecule has 0 saturated heterocycles. The molecule has 0 aromatic heterocycles. The largest absolute Gasteiger partial charge is 0.493 e. The minimum atomic E-state index is -1.81. The van der Waals surface area contributed by atoms with Crippen LogP contribution in [0.5, 0.6) is 11.5 Å². The minimum absolute atomic E-state index is 0.226. The first-order valence-corrected chi connectivity index (χ1v) is 9.89. The summed E-state index contributed by atoms with van der Waals surface area (Å²) in [6.45, 7) is 1.78. The van der Waals surface area contributed by atoms with E-state index >= 15 is 0 Å². The molecular formula is C24H26O7. The van der Waals surface area contributed by atoms with Gasteiger partial charge in [0.05, 0.1) is 33.9 Å². The Balaban J connectivity index is 2.29. The van der Waals surface area contributed by atoms with Gasteiger partial charge in [-0.15, -0.1) is 0 Å². The maximum Gasteiger partial charge on any atom is 0.324 e. The fourth-order valence-corrected chi connectivity index (χ4v) is 4.91. The summed E-state index contributed by atoms with van der Waals surface area (Å²) in [5.74, 6) is -1.79. The molecule has 2 unspecified atom stereocenters. The standard InChI is InChI=1S/C24H26O7/c1-6-23(20(25)15-10-8-7-9-11-15)19(24(23,21(26)30-4)22(27)31-5)16-12-13-17(28-2)18(14-16)29-3/h7-14,19H,6H2,1-5H3. The first-order valence-electron chi connectivity index (χ1n) is 9.89. The van der Waals surface area contributed by atoms with E-state index in [-0.39, 0.29) is 12.2 Å². The molecule has 164 valence electrons. The second kappa shape index (κ2) is 8.41. The molecule has 0 spiro atoms. The van der Waals surface area contributed by atoms with E-state index in [1.807, 2.05) is 0 Å². The number of benzene rings is 2. The van der Waals surface area contributed by atoms with Crippen LogP contribution < -0.4 is 9.47 Å². The van der Waals surface area contributed by atoms with Gasteiger partial charge in [0.1, 0.15) is 0 Å². The van der Waals surface area contributed by atoms with E-state index in [0.717, 1.165) is 0 Å². The molecule has 2 aromatic carbocycles. The summed E-state index contributed by atoms with van der Waals surface area (Å²) in [6, 6.07) is 13.7. The zero-order valence-electron chi connectivity index (χ0n) is 18.3. The van der Waals surface area contributed by atoms with Crippen molar-refractivity contribution in [3.05, 3.63) is 59.7 Å². The van der Waals surface area contributed by atoms with E-state index in [4.69, 9.17) is 18.9 Å². The van der Waals surface area contributed by atoms with Crippen LogP contribution >= 0.6 is 0 Å². The predicted octanol–water partition coefficient (Wildman–Crippen LogP) is 3.41. The highest BCUT2D eigenvalue weighted by Crippen LogP contribution is 2.78. The molecule has 1 aliphatic carbocycles. The van der Waals surface area contributed by atoms with Crippen molar-refractivity contribution < 1.29 is 33.3 Å². The number of ketones is 1. The highest BCUT2D eigenvalue weighted by atomic mass is 16.5. The van der Waals surface area contributed by atoms with E-state index in [2.05, 4.69) is 0 Å². The van der Waals surface area contributed by atoms with Gasteiger partial charge < -0.3 is 18.9 Å². The number of Topliss-reactive ketones (excluding diaryl/α,β-unsaturated/α-hetero) is 1. The molecule has 31 heavy (non-hydrogen) atoms. The summed E-state index contributed by atoms with van der Waals surface area (Å²) < 4.78 is 20.8. The summed E-state index contributed by atoms with van der Waals surface area (Å²) >= 11 is 0. The number of rotatable bonds is 8. The smallest absolute Gasteiger partial charge is 0.324 e. The van der Waals surface area contributed by atoms with Crippen LogP contribution in [0.25, 0.3) is 0 Å². The molecule has 0 amide bonds. The van der Waals surface area contributed by atoms with Gasteiger partial charge in [-0.2, -0.15) is 0 Å². The normalized spacial score (nSPS) is 21.0. The van der Waals surface area contributed by atoms with Crippen LogP contribution in [0.3, 0.4) is 0 Å². The monoisotopic (exact) mass is 426 g/mol. The highest BCUT2D eigenvalue weighted by Gasteiger charge is 2.88. The molecule has 2 atom stereocenters. The number of methoxy groups -OCH3 is 4. The fraction of sp³-hybridized carbons (Fsp3) is 0.375. The molecule has 2 aromatic rings. The number of hydrogen-bond acceptors (Lipinski definition) is 7. The van der Waals surface area contributed by atoms with Crippen molar-refractivity contribution in [2.75, 3.05) is 28.4 Å². The van der Waals surface area contributed by atoms with Crippen molar-refractivity contribution in [3.63, 3.8) is 0 Å². The number of ether oxygens (including phenoxy) is 4. The molecule has 0 bridgehead atoms. The number of carbonyl (C=O) groups excluding carboxylic acids is 3. The van der Waals surface area contributed by atoms with Gasteiger partial charge in [-0.1, -0.05) is 43.3 Å². The van der Waals surface area contributed by atoms with Gasteiger partial charge in [0.2, 0.25) is 0 Å². The van der Waals surface area contributed by atoms with E-state index in [1.54, 1.807) is 55.5 Å². The van der Waals surface area contributed by atoms with Gasteiger partial charge in [-0.25, -0.2) is 0 Å². The highest BCUT2D eigenvalue weighted by molar-refractivity contribution is 6.19. The topological polar surface area (TPSA) is 88.1 Å². The lowest BCUT2D eigenvalue weighted by atomic mass is 9.83. The Morgan fingerprint density at radius 1 is 0.839 bits per heavy atom. The van der Waals surface area contributed by atoms with E-state index in [9.17, 15) is 14.4 Å². The average molecular weight is 426 g/mol. The Kier molecular flexibility index (Phi) is 6.06. The predicted molar refractivity (Wildman–Crippen MR) is 112 cm³/mol. The third kappa shape index (κ3) is 2.99. The summed E-state index contributed by atoms with van der Waals surface area (Å²) in [5.41, 5.74) is -2.18. The van der Waals surface area contributed by atoms with Crippen LogP contribution in [0.15, 0.2) is 48.5 Å². The SMILES string of the molecule is CCC1(C(=O)c2ccccc2)C(c2ccc(OC)c(OC)c2)C1(C(=O)OC)C(=O)OC. The zero-order valence-corrected chi connectivity index (χ0v) is 18.3. The van der Waals surface area contributed by atoms with Crippen LogP contribution in [-0.2, 0) is 19.1 Å². The van der Waals surface area contributed by atoms with Gasteiger partial charge in [0.25, 0.3) is 0 Å². The molecular weight excluding hydrogens is 400 g/mol. The Labute approximate surface area is 181 Å². The second-order valence-electron chi connectivity index (χ2n) is 7.36. The summed E-state index contributed by atoms with van der Waals surface area (Å²) in [6.07, 6.45) is 0.226. The molecule has 0 N–H and O–H groups in total. The lowest BCUT2D eigenvalue weighted by molar-refractivity contribution is -0.163. The van der Waals surface area contributed by atoms with Crippen molar-refractivity contribution in [2.24, 2.45) is 10.8 Å². The Morgan fingerprint density at radius 2 is 1.42 bits per heavy atom. The molecule has 0 aliphatic heterocycles. The lowest BCUT2D eigenvalue weighted by Gasteiger charge is -2.20. The average Bonchev–Trinajstić information content (AvgIpc) is 3.47. The Morgan fingerprint density at radius 3 is 1.90 bits per heavy atom. The van der Waals surface area contributed by atoms with Gasteiger partial charge in [-0.05, 0) is 24.1 Å². The van der Waals surface area contributed by atoms with Crippen molar-refractivity contribution in [1.82, 2.24) is 0 Å². The first kappa shape index (κ1) is 22.3. The van der Waals surface area contributed by atoms with Crippen LogP contribution in [0.4, 0.5) is 0 Å². The van der Waals surface area contributed by atoms with E-state index in [0.29, 0.717) is 22.6 Å². The fourth-order valence-electron chi connectivity index (χ4n) is 4.91. The van der Waals surface area contributed by atoms with Gasteiger partial charge >= 0.3 is 11.9 Å².